The number of carbonyl (C=O) groups excluding carboxylic acids is 1. The van der Waals surface area contributed by atoms with Crippen molar-refractivity contribution in [2.75, 3.05) is 25.9 Å². The van der Waals surface area contributed by atoms with Gasteiger partial charge >= 0.3 is 0 Å². The number of nitrogens with zero attached hydrogens (tertiary/aromatic N) is 1. The molecule has 0 radical (unpaired) electrons. The third-order valence-corrected chi connectivity index (χ3v) is 3.87. The molecule has 1 fully saturated rings. The second-order valence-electron chi connectivity index (χ2n) is 4.57. The highest BCUT2D eigenvalue weighted by atomic mass is 79.9. The number of amides is 1. The van der Waals surface area contributed by atoms with Crippen LogP contribution in [0.1, 0.15) is 22.3 Å². The Hall–Kier alpha value is -1.07. The van der Waals surface area contributed by atoms with Gasteiger partial charge in [0.1, 0.15) is 0 Å². The van der Waals surface area contributed by atoms with Crippen LogP contribution in [0.2, 0.25) is 0 Å². The Labute approximate surface area is 115 Å². The summed E-state index contributed by atoms with van der Waals surface area (Å²) in [5.74, 6) is 0.0278. The second kappa shape index (κ2) is 5.28. The number of carbonyl (C=O) groups is 1. The van der Waals surface area contributed by atoms with Gasteiger partial charge in [0.15, 0.2) is 0 Å². The number of likely N-dealkylation sites (tertiary alicyclic amines) is 1. The van der Waals surface area contributed by atoms with Crippen LogP contribution in [-0.2, 0) is 4.74 Å². The third kappa shape index (κ3) is 2.52. The highest BCUT2D eigenvalue weighted by molar-refractivity contribution is 9.10. The lowest BCUT2D eigenvalue weighted by atomic mass is 10.1. The summed E-state index contributed by atoms with van der Waals surface area (Å²) in [5.41, 5.74) is 8.02. The molecule has 4 nitrogen and oxygen atoms in total. The van der Waals surface area contributed by atoms with Gasteiger partial charge in [0.25, 0.3) is 5.91 Å². The van der Waals surface area contributed by atoms with Gasteiger partial charge in [-0.05, 0) is 31.0 Å². The van der Waals surface area contributed by atoms with Crippen molar-refractivity contribution in [2.24, 2.45) is 0 Å². The molecule has 2 rings (SSSR count). The monoisotopic (exact) mass is 312 g/mol. The maximum atomic E-state index is 12.4. The van der Waals surface area contributed by atoms with Crippen LogP contribution < -0.4 is 5.73 Å². The van der Waals surface area contributed by atoms with E-state index in [0.717, 1.165) is 23.0 Å². The van der Waals surface area contributed by atoms with Crippen molar-refractivity contribution in [1.82, 2.24) is 4.90 Å². The van der Waals surface area contributed by atoms with E-state index in [0.29, 0.717) is 17.8 Å². The number of nitrogen functional groups attached to an aromatic ring is 1. The first-order valence-corrected chi connectivity index (χ1v) is 6.70. The maximum absolute atomic E-state index is 12.4. The molecule has 0 aromatic heterocycles. The number of rotatable bonds is 2. The highest BCUT2D eigenvalue weighted by Gasteiger charge is 2.27. The first kappa shape index (κ1) is 13.4. The third-order valence-electron chi connectivity index (χ3n) is 3.41. The Bertz CT molecular complexity index is 476. The maximum Gasteiger partial charge on any atom is 0.254 e. The Morgan fingerprint density at radius 1 is 1.56 bits per heavy atom. The summed E-state index contributed by atoms with van der Waals surface area (Å²) in [4.78, 5) is 14.2. The van der Waals surface area contributed by atoms with Crippen LogP contribution in [0.15, 0.2) is 16.6 Å². The zero-order valence-corrected chi connectivity index (χ0v) is 12.2. The molecular formula is C13H17BrN2O2. The largest absolute Gasteiger partial charge is 0.398 e. The van der Waals surface area contributed by atoms with Crippen LogP contribution in [0.3, 0.4) is 0 Å². The van der Waals surface area contributed by atoms with E-state index in [1.807, 2.05) is 24.0 Å². The average Bonchev–Trinajstić information content (AvgIpc) is 2.81. The minimum Gasteiger partial charge on any atom is -0.398 e. The second-order valence-corrected chi connectivity index (χ2v) is 5.48. The van der Waals surface area contributed by atoms with Gasteiger partial charge in [-0.25, -0.2) is 0 Å². The molecule has 1 heterocycles. The van der Waals surface area contributed by atoms with Gasteiger partial charge in [-0.15, -0.1) is 0 Å². The minimum atomic E-state index is 0.0278. The summed E-state index contributed by atoms with van der Waals surface area (Å²) in [6, 6.07) is 3.64. The van der Waals surface area contributed by atoms with Crippen LogP contribution in [0.25, 0.3) is 0 Å². The summed E-state index contributed by atoms with van der Waals surface area (Å²) >= 11 is 3.37. The van der Waals surface area contributed by atoms with Crippen molar-refractivity contribution < 1.29 is 9.53 Å². The molecule has 5 heteroatoms. The van der Waals surface area contributed by atoms with E-state index in [4.69, 9.17) is 10.5 Å². The topological polar surface area (TPSA) is 55.6 Å². The van der Waals surface area contributed by atoms with Gasteiger partial charge in [-0.1, -0.05) is 15.9 Å². The van der Waals surface area contributed by atoms with E-state index in [-0.39, 0.29) is 12.0 Å². The Balaban J connectivity index is 2.24. The van der Waals surface area contributed by atoms with Crippen molar-refractivity contribution in [3.8, 4) is 0 Å². The summed E-state index contributed by atoms with van der Waals surface area (Å²) in [6.07, 6.45) is 1.05. The van der Waals surface area contributed by atoms with Crippen LogP contribution >= 0.6 is 15.9 Å². The normalized spacial score (nSPS) is 19.3. The first-order valence-electron chi connectivity index (χ1n) is 5.90. The van der Waals surface area contributed by atoms with E-state index < -0.39 is 0 Å². The van der Waals surface area contributed by atoms with Crippen molar-refractivity contribution in [3.05, 3.63) is 27.7 Å². The van der Waals surface area contributed by atoms with Crippen LogP contribution in [0.5, 0.6) is 0 Å². The van der Waals surface area contributed by atoms with Gasteiger partial charge in [0, 0.05) is 35.9 Å². The zero-order chi connectivity index (χ0) is 13.3. The molecule has 0 bridgehead atoms. The van der Waals surface area contributed by atoms with E-state index in [1.54, 1.807) is 7.11 Å². The smallest absolute Gasteiger partial charge is 0.254 e. The number of methoxy groups -OCH3 is 1. The molecule has 1 aromatic rings. The fraction of sp³-hybridized carbons (Fsp3) is 0.462. The summed E-state index contributed by atoms with van der Waals surface area (Å²) in [7, 11) is 1.68. The molecule has 1 atom stereocenters. The molecule has 0 spiro atoms. The van der Waals surface area contributed by atoms with Crippen LogP contribution in [0.4, 0.5) is 5.69 Å². The Morgan fingerprint density at radius 3 is 2.89 bits per heavy atom. The number of benzene rings is 1. The molecule has 98 valence electrons. The van der Waals surface area contributed by atoms with Crippen LogP contribution in [0, 0.1) is 6.92 Å². The van der Waals surface area contributed by atoms with Crippen molar-refractivity contribution in [1.29, 1.82) is 0 Å². The standard InChI is InChI=1S/C13H17BrN2O2/c1-8-11(5-9(14)6-12(8)15)13(17)16-4-3-10(7-16)18-2/h5-6,10H,3-4,7,15H2,1-2H3. The number of nitrogens with two attached hydrogens (primary N) is 1. The van der Waals surface area contributed by atoms with Crippen molar-refractivity contribution in [3.63, 3.8) is 0 Å². The fourth-order valence-corrected chi connectivity index (χ4v) is 2.67. The van der Waals surface area contributed by atoms with E-state index >= 15 is 0 Å². The Kier molecular flexibility index (Phi) is 3.92. The van der Waals surface area contributed by atoms with Crippen molar-refractivity contribution in [2.45, 2.75) is 19.4 Å². The lowest BCUT2D eigenvalue weighted by Gasteiger charge is -2.18. The molecule has 18 heavy (non-hydrogen) atoms. The molecule has 1 aliphatic rings. The Morgan fingerprint density at radius 2 is 2.28 bits per heavy atom. The minimum absolute atomic E-state index is 0.0278. The molecule has 1 aromatic carbocycles. The molecular weight excluding hydrogens is 296 g/mol. The molecule has 2 N–H and O–H groups in total. The van der Waals surface area contributed by atoms with Crippen molar-refractivity contribution >= 4 is 27.5 Å². The predicted octanol–water partition coefficient (Wildman–Crippen LogP) is 2.20. The van der Waals surface area contributed by atoms with Gasteiger partial charge < -0.3 is 15.4 Å². The van der Waals surface area contributed by atoms with Gasteiger partial charge in [-0.2, -0.15) is 0 Å². The van der Waals surface area contributed by atoms with E-state index in [9.17, 15) is 4.79 Å². The predicted molar refractivity (Wildman–Crippen MR) is 74.6 cm³/mol. The SMILES string of the molecule is COC1CCN(C(=O)c2cc(Br)cc(N)c2C)C1. The zero-order valence-electron chi connectivity index (χ0n) is 10.6. The lowest BCUT2D eigenvalue weighted by molar-refractivity contribution is 0.0723. The number of anilines is 1. The molecule has 1 aliphatic heterocycles. The van der Waals surface area contributed by atoms with Gasteiger partial charge in [0.05, 0.1) is 6.10 Å². The molecule has 0 aliphatic carbocycles. The van der Waals surface area contributed by atoms with E-state index in [1.165, 1.54) is 0 Å². The molecule has 0 saturated carbocycles. The first-order chi connectivity index (χ1) is 8.52. The number of hydrogen-bond donors (Lipinski definition) is 1. The van der Waals surface area contributed by atoms with E-state index in [2.05, 4.69) is 15.9 Å². The molecule has 1 unspecified atom stereocenters. The van der Waals surface area contributed by atoms with Gasteiger partial charge in [-0.3, -0.25) is 4.79 Å². The summed E-state index contributed by atoms with van der Waals surface area (Å²) in [5, 5.41) is 0. The molecule has 1 amide bonds. The number of ether oxygens (including phenoxy) is 1. The number of halogens is 1. The fourth-order valence-electron chi connectivity index (χ4n) is 2.20. The number of hydrogen-bond acceptors (Lipinski definition) is 3. The summed E-state index contributed by atoms with van der Waals surface area (Å²) < 4.78 is 6.11. The molecule has 1 saturated heterocycles. The average molecular weight is 313 g/mol. The summed E-state index contributed by atoms with van der Waals surface area (Å²) in [6.45, 7) is 3.27. The lowest BCUT2D eigenvalue weighted by Crippen LogP contribution is -2.30. The van der Waals surface area contributed by atoms with Crippen LogP contribution in [-0.4, -0.2) is 37.1 Å². The quantitative estimate of drug-likeness (QED) is 0.852. The highest BCUT2D eigenvalue weighted by Crippen LogP contribution is 2.25. The van der Waals surface area contributed by atoms with Gasteiger partial charge in [0.2, 0.25) is 0 Å².